The zero-order valence-corrected chi connectivity index (χ0v) is 9.93. The molecule has 1 saturated carbocycles. The normalized spacial score (nSPS) is 14.3. The van der Waals surface area contributed by atoms with E-state index >= 15 is 0 Å². The largest absolute Gasteiger partial charge is 0.335 e. The van der Waals surface area contributed by atoms with Crippen LogP contribution in [0.15, 0.2) is 6.20 Å². The number of nitrogens with two attached hydrogens (primary N) is 1. The molecule has 3 amide bonds. The first-order valence-corrected chi connectivity index (χ1v) is 5.87. The predicted molar refractivity (Wildman–Crippen MR) is 62.5 cm³/mol. The first kappa shape index (κ1) is 12.5. The second-order valence-corrected chi connectivity index (χ2v) is 4.24. The predicted octanol–water partition coefficient (Wildman–Crippen LogP) is -1.23. The molecule has 4 N–H and O–H groups in total. The summed E-state index contributed by atoms with van der Waals surface area (Å²) in [4.78, 5) is 22.8. The summed E-state index contributed by atoms with van der Waals surface area (Å²) in [7, 11) is 0. The fraction of sp³-hybridized carbons (Fsp3) is 0.600. The van der Waals surface area contributed by atoms with Gasteiger partial charge in [-0.1, -0.05) is 5.21 Å². The Labute approximate surface area is 104 Å². The van der Waals surface area contributed by atoms with Crippen LogP contribution in [0, 0.1) is 0 Å². The Morgan fingerprint density at radius 2 is 2.28 bits per heavy atom. The number of carbonyl (C=O) groups is 2. The van der Waals surface area contributed by atoms with Crippen LogP contribution in [0.25, 0.3) is 0 Å². The number of nitrogens with zero attached hydrogens (tertiary/aromatic N) is 3. The number of carbonyl (C=O) groups excluding carboxylic acids is 2. The summed E-state index contributed by atoms with van der Waals surface area (Å²) in [5, 5.41) is 12.5. The minimum absolute atomic E-state index is 0.0321. The van der Waals surface area contributed by atoms with Gasteiger partial charge in [-0.15, -0.1) is 5.10 Å². The molecule has 0 aliphatic heterocycles. The number of aromatic nitrogens is 3. The number of urea groups is 1. The molecule has 1 heterocycles. The number of amides is 3. The van der Waals surface area contributed by atoms with E-state index in [1.165, 1.54) is 4.68 Å². The highest BCUT2D eigenvalue weighted by atomic mass is 16.2. The maximum atomic E-state index is 11.5. The molecule has 1 fully saturated rings. The van der Waals surface area contributed by atoms with Crippen LogP contribution in [0.3, 0.4) is 0 Å². The van der Waals surface area contributed by atoms with Gasteiger partial charge in [-0.2, -0.15) is 0 Å². The number of hydrogen-bond donors (Lipinski definition) is 3. The van der Waals surface area contributed by atoms with Gasteiger partial charge in [-0.3, -0.25) is 10.1 Å². The van der Waals surface area contributed by atoms with E-state index in [1.807, 2.05) is 0 Å². The van der Waals surface area contributed by atoms with Crippen molar-refractivity contribution in [3.8, 4) is 0 Å². The third kappa shape index (κ3) is 3.81. The van der Waals surface area contributed by atoms with Gasteiger partial charge >= 0.3 is 6.03 Å². The lowest BCUT2D eigenvalue weighted by Crippen LogP contribution is -2.41. The Morgan fingerprint density at radius 1 is 1.50 bits per heavy atom. The van der Waals surface area contributed by atoms with Gasteiger partial charge in [0.25, 0.3) is 0 Å². The Kier molecular flexibility index (Phi) is 3.88. The molecule has 0 saturated heterocycles. The smallest absolute Gasteiger partial charge is 0.321 e. The second-order valence-electron chi connectivity index (χ2n) is 4.24. The third-order valence-corrected chi connectivity index (χ3v) is 2.46. The van der Waals surface area contributed by atoms with Gasteiger partial charge in [-0.05, 0) is 19.4 Å². The van der Waals surface area contributed by atoms with Crippen LogP contribution < -0.4 is 16.4 Å². The summed E-state index contributed by atoms with van der Waals surface area (Å²) in [6.45, 7) is 0.449. The molecule has 2 rings (SSSR count). The van der Waals surface area contributed by atoms with E-state index in [4.69, 9.17) is 5.73 Å². The molecule has 8 heteroatoms. The van der Waals surface area contributed by atoms with Crippen LogP contribution in [0.2, 0.25) is 0 Å². The number of hydrogen-bond acceptors (Lipinski definition) is 5. The standard InChI is InChI=1S/C10H16N6O2/c11-4-3-8-5-16(15-14-8)6-9(17)13-10(18)12-7-1-2-7/h5,7H,1-4,6,11H2,(H2,12,13,17,18). The van der Waals surface area contributed by atoms with Crippen molar-refractivity contribution in [1.29, 1.82) is 0 Å². The molecule has 0 spiro atoms. The Balaban J connectivity index is 1.76. The lowest BCUT2D eigenvalue weighted by molar-refractivity contribution is -0.120. The van der Waals surface area contributed by atoms with E-state index in [9.17, 15) is 9.59 Å². The maximum Gasteiger partial charge on any atom is 0.321 e. The van der Waals surface area contributed by atoms with E-state index in [1.54, 1.807) is 6.20 Å². The molecule has 1 aliphatic carbocycles. The van der Waals surface area contributed by atoms with Gasteiger partial charge < -0.3 is 11.1 Å². The summed E-state index contributed by atoms with van der Waals surface area (Å²) in [5.41, 5.74) is 6.11. The van der Waals surface area contributed by atoms with Crippen molar-refractivity contribution in [3.05, 3.63) is 11.9 Å². The van der Waals surface area contributed by atoms with E-state index in [0.29, 0.717) is 13.0 Å². The van der Waals surface area contributed by atoms with E-state index < -0.39 is 11.9 Å². The molecule has 18 heavy (non-hydrogen) atoms. The van der Waals surface area contributed by atoms with Crippen molar-refractivity contribution in [1.82, 2.24) is 25.6 Å². The number of nitrogens with one attached hydrogen (secondary N) is 2. The molecule has 0 radical (unpaired) electrons. The number of rotatable bonds is 5. The van der Waals surface area contributed by atoms with Crippen LogP contribution >= 0.6 is 0 Å². The Bertz CT molecular complexity index is 439. The summed E-state index contributed by atoms with van der Waals surface area (Å²) in [6, 6.07) is -0.231. The monoisotopic (exact) mass is 252 g/mol. The molecule has 98 valence electrons. The number of imide groups is 1. The average molecular weight is 252 g/mol. The van der Waals surface area contributed by atoms with E-state index in [2.05, 4.69) is 20.9 Å². The van der Waals surface area contributed by atoms with E-state index in [0.717, 1.165) is 18.5 Å². The van der Waals surface area contributed by atoms with Gasteiger partial charge in [0.05, 0.1) is 5.69 Å². The third-order valence-electron chi connectivity index (χ3n) is 2.46. The molecule has 0 unspecified atom stereocenters. The maximum absolute atomic E-state index is 11.5. The quantitative estimate of drug-likeness (QED) is 0.606. The summed E-state index contributed by atoms with van der Waals surface area (Å²) >= 11 is 0. The minimum atomic E-state index is -0.454. The molecule has 1 aromatic heterocycles. The SMILES string of the molecule is NCCc1cn(CC(=O)NC(=O)NC2CC2)nn1. The van der Waals surface area contributed by atoms with Crippen molar-refractivity contribution in [2.24, 2.45) is 5.73 Å². The molecular formula is C10H16N6O2. The lowest BCUT2D eigenvalue weighted by Gasteiger charge is -2.04. The van der Waals surface area contributed by atoms with Gasteiger partial charge in [0.1, 0.15) is 6.54 Å². The highest BCUT2D eigenvalue weighted by molar-refractivity contribution is 5.94. The van der Waals surface area contributed by atoms with Crippen LogP contribution in [0.1, 0.15) is 18.5 Å². The van der Waals surface area contributed by atoms with Gasteiger partial charge in [0.15, 0.2) is 0 Å². The van der Waals surface area contributed by atoms with Crippen molar-refractivity contribution < 1.29 is 9.59 Å². The van der Waals surface area contributed by atoms with Crippen molar-refractivity contribution in [2.45, 2.75) is 31.8 Å². The second kappa shape index (κ2) is 5.58. The lowest BCUT2D eigenvalue weighted by atomic mass is 10.3. The highest BCUT2D eigenvalue weighted by Crippen LogP contribution is 2.18. The zero-order chi connectivity index (χ0) is 13.0. The molecule has 1 aromatic rings. The summed E-state index contributed by atoms with van der Waals surface area (Å²) in [6.07, 6.45) is 4.22. The van der Waals surface area contributed by atoms with Crippen molar-refractivity contribution in [3.63, 3.8) is 0 Å². The van der Waals surface area contributed by atoms with Crippen LogP contribution in [-0.4, -0.2) is 39.5 Å². The van der Waals surface area contributed by atoms with Gasteiger partial charge in [0.2, 0.25) is 5.91 Å². The Morgan fingerprint density at radius 3 is 2.94 bits per heavy atom. The highest BCUT2D eigenvalue weighted by Gasteiger charge is 2.23. The zero-order valence-electron chi connectivity index (χ0n) is 9.93. The summed E-state index contributed by atoms with van der Waals surface area (Å²) in [5.74, 6) is -0.419. The van der Waals surface area contributed by atoms with Crippen molar-refractivity contribution in [2.75, 3.05) is 6.54 Å². The summed E-state index contributed by atoms with van der Waals surface area (Å²) < 4.78 is 1.38. The first-order chi connectivity index (χ1) is 8.67. The Hall–Kier alpha value is -1.96. The minimum Gasteiger partial charge on any atom is -0.335 e. The fourth-order valence-corrected chi connectivity index (χ4v) is 1.44. The fourth-order valence-electron chi connectivity index (χ4n) is 1.44. The van der Waals surface area contributed by atoms with Crippen LogP contribution in [0.4, 0.5) is 4.79 Å². The van der Waals surface area contributed by atoms with Crippen molar-refractivity contribution >= 4 is 11.9 Å². The topological polar surface area (TPSA) is 115 Å². The van der Waals surface area contributed by atoms with Gasteiger partial charge in [-0.25, -0.2) is 9.48 Å². The van der Waals surface area contributed by atoms with Crippen LogP contribution in [-0.2, 0) is 17.8 Å². The molecular weight excluding hydrogens is 236 g/mol. The molecule has 1 aliphatic rings. The average Bonchev–Trinajstić information content (AvgIpc) is 2.99. The van der Waals surface area contributed by atoms with Gasteiger partial charge in [0, 0.05) is 18.7 Å². The van der Waals surface area contributed by atoms with Crippen LogP contribution in [0.5, 0.6) is 0 Å². The molecule has 0 aromatic carbocycles. The van der Waals surface area contributed by atoms with E-state index in [-0.39, 0.29) is 12.6 Å². The molecule has 0 bridgehead atoms. The molecule has 0 atom stereocenters. The first-order valence-electron chi connectivity index (χ1n) is 5.87. The molecule has 8 nitrogen and oxygen atoms in total.